The molecule has 1 unspecified atom stereocenters. The van der Waals surface area contributed by atoms with E-state index >= 15 is 0 Å². The monoisotopic (exact) mass is 289 g/mol. The number of rotatable bonds is 5. The second kappa shape index (κ2) is 5.85. The van der Waals surface area contributed by atoms with Crippen molar-refractivity contribution in [3.63, 3.8) is 0 Å². The zero-order chi connectivity index (χ0) is 15.6. The van der Waals surface area contributed by atoms with Crippen LogP contribution in [0.15, 0.2) is 18.2 Å². The molecule has 1 aromatic rings. The Balaban J connectivity index is 2.11. The maximum atomic E-state index is 11.4. The Bertz CT molecular complexity index is 567. The van der Waals surface area contributed by atoms with Gasteiger partial charge in [0.05, 0.1) is 0 Å². The van der Waals surface area contributed by atoms with Gasteiger partial charge < -0.3 is 16.8 Å². The van der Waals surface area contributed by atoms with Gasteiger partial charge in [-0.15, -0.1) is 0 Å². The lowest BCUT2D eigenvalue weighted by atomic mass is 9.80. The first-order valence-corrected chi connectivity index (χ1v) is 7.23. The first kappa shape index (κ1) is 15.5. The summed E-state index contributed by atoms with van der Waals surface area (Å²) >= 11 is 0. The normalized spacial score (nSPS) is 16.0. The van der Waals surface area contributed by atoms with Crippen molar-refractivity contribution >= 4 is 17.5 Å². The third-order valence-electron chi connectivity index (χ3n) is 3.88. The molecule has 0 bridgehead atoms. The van der Waals surface area contributed by atoms with Crippen LogP contribution in [0.25, 0.3) is 0 Å². The quantitative estimate of drug-likeness (QED) is 0.771. The van der Waals surface area contributed by atoms with Crippen LogP contribution in [0.2, 0.25) is 0 Å². The molecule has 0 fully saturated rings. The minimum Gasteiger partial charge on any atom is -0.370 e. The van der Waals surface area contributed by atoms with Gasteiger partial charge in [0.25, 0.3) is 0 Å². The van der Waals surface area contributed by atoms with Crippen LogP contribution in [-0.2, 0) is 16.0 Å². The van der Waals surface area contributed by atoms with E-state index in [1.807, 2.05) is 26.0 Å². The molecule has 0 saturated carbocycles. The molecule has 5 heteroatoms. The summed E-state index contributed by atoms with van der Waals surface area (Å²) in [7, 11) is 0. The Morgan fingerprint density at radius 2 is 2.10 bits per heavy atom. The van der Waals surface area contributed by atoms with E-state index in [2.05, 4.69) is 11.4 Å². The van der Waals surface area contributed by atoms with Crippen LogP contribution < -0.4 is 16.8 Å². The van der Waals surface area contributed by atoms with Crippen LogP contribution in [0, 0.1) is 5.41 Å². The molecule has 0 spiro atoms. The molecule has 1 aliphatic rings. The fraction of sp³-hybridized carbons (Fsp3) is 0.500. The average molecular weight is 289 g/mol. The molecular weight excluding hydrogens is 266 g/mol. The number of nitrogens with two attached hydrogens (primary N) is 2. The number of benzene rings is 1. The number of nitrogens with one attached hydrogen (secondary N) is 1. The lowest BCUT2D eigenvalue weighted by Gasteiger charge is -2.27. The van der Waals surface area contributed by atoms with Crippen LogP contribution in [0.1, 0.15) is 50.3 Å². The highest BCUT2D eigenvalue weighted by atomic mass is 16.2. The third-order valence-corrected chi connectivity index (χ3v) is 3.88. The predicted molar refractivity (Wildman–Crippen MR) is 82.5 cm³/mol. The summed E-state index contributed by atoms with van der Waals surface area (Å²) in [6.07, 6.45) is 2.26. The zero-order valence-electron chi connectivity index (χ0n) is 12.6. The number of fused-ring (bicyclic) bond motifs is 1. The molecule has 5 N–H and O–H groups in total. The van der Waals surface area contributed by atoms with Crippen molar-refractivity contribution in [1.29, 1.82) is 0 Å². The number of hydrogen-bond acceptors (Lipinski definition) is 3. The van der Waals surface area contributed by atoms with Crippen molar-refractivity contribution < 1.29 is 9.59 Å². The molecular formula is C16H23N3O2. The van der Waals surface area contributed by atoms with E-state index in [1.165, 1.54) is 0 Å². The number of primary amides is 1. The largest absolute Gasteiger partial charge is 0.370 e. The summed E-state index contributed by atoms with van der Waals surface area (Å²) in [5, 5.41) is 2.86. The Labute approximate surface area is 125 Å². The van der Waals surface area contributed by atoms with E-state index in [1.54, 1.807) is 0 Å². The maximum absolute atomic E-state index is 11.4. The Morgan fingerprint density at radius 1 is 1.38 bits per heavy atom. The first-order chi connectivity index (χ1) is 9.77. The molecule has 21 heavy (non-hydrogen) atoms. The fourth-order valence-corrected chi connectivity index (χ4v) is 2.89. The fourth-order valence-electron chi connectivity index (χ4n) is 2.89. The zero-order valence-corrected chi connectivity index (χ0v) is 12.6. The Kier molecular flexibility index (Phi) is 4.32. The van der Waals surface area contributed by atoms with Gasteiger partial charge in [0.2, 0.25) is 11.8 Å². The summed E-state index contributed by atoms with van der Waals surface area (Å²) in [5.74, 6) is -0.248. The van der Waals surface area contributed by atoms with E-state index in [-0.39, 0.29) is 23.3 Å². The van der Waals surface area contributed by atoms with Crippen molar-refractivity contribution in [2.75, 3.05) is 5.32 Å². The van der Waals surface area contributed by atoms with Crippen molar-refractivity contribution in [3.8, 4) is 0 Å². The second-order valence-corrected chi connectivity index (χ2v) is 6.58. The van der Waals surface area contributed by atoms with Crippen LogP contribution in [0.3, 0.4) is 0 Å². The summed E-state index contributed by atoms with van der Waals surface area (Å²) in [4.78, 5) is 22.5. The highest BCUT2D eigenvalue weighted by Gasteiger charge is 2.25. The number of carbonyl (C=O) groups is 2. The van der Waals surface area contributed by atoms with Crippen molar-refractivity contribution in [1.82, 2.24) is 0 Å². The van der Waals surface area contributed by atoms with Gasteiger partial charge >= 0.3 is 0 Å². The standard InChI is InChI=1S/C16H23N3O2/c1-16(2,9-14(18)20)8-12(17)10-3-5-13-11(7-10)4-6-15(21)19-13/h3,5,7,12H,4,6,8-9,17H2,1-2H3,(H2,18,20)(H,19,21). The van der Waals surface area contributed by atoms with Crippen LogP contribution in [-0.4, -0.2) is 11.8 Å². The number of amides is 2. The predicted octanol–water partition coefficient (Wildman–Crippen LogP) is 1.86. The lowest BCUT2D eigenvalue weighted by molar-refractivity contribution is -0.120. The van der Waals surface area contributed by atoms with Gasteiger partial charge in [-0.25, -0.2) is 0 Å². The third kappa shape index (κ3) is 4.04. The van der Waals surface area contributed by atoms with Crippen molar-refractivity contribution in [2.24, 2.45) is 16.9 Å². The molecule has 1 aliphatic heterocycles. The molecule has 114 valence electrons. The summed E-state index contributed by atoms with van der Waals surface area (Å²) in [5.41, 5.74) is 14.4. The molecule has 2 amide bonds. The lowest BCUT2D eigenvalue weighted by Crippen LogP contribution is -2.27. The SMILES string of the molecule is CC(C)(CC(N)=O)CC(N)c1ccc2c(c1)CCC(=O)N2. The van der Waals surface area contributed by atoms with E-state index in [0.717, 1.165) is 23.2 Å². The number of aryl methyl sites for hydroxylation is 1. The van der Waals surface area contributed by atoms with Crippen LogP contribution >= 0.6 is 0 Å². The summed E-state index contributed by atoms with van der Waals surface area (Å²) < 4.78 is 0. The van der Waals surface area contributed by atoms with Crippen LogP contribution in [0.5, 0.6) is 0 Å². The van der Waals surface area contributed by atoms with Crippen molar-refractivity contribution in [2.45, 2.75) is 45.6 Å². The molecule has 0 aliphatic carbocycles. The smallest absolute Gasteiger partial charge is 0.224 e. The molecule has 2 rings (SSSR count). The Hall–Kier alpha value is -1.88. The average Bonchev–Trinajstić information content (AvgIpc) is 2.35. The first-order valence-electron chi connectivity index (χ1n) is 7.23. The van der Waals surface area contributed by atoms with E-state index in [9.17, 15) is 9.59 Å². The molecule has 1 atom stereocenters. The van der Waals surface area contributed by atoms with Gasteiger partial charge in [-0.2, -0.15) is 0 Å². The molecule has 1 heterocycles. The van der Waals surface area contributed by atoms with Gasteiger partial charge in [-0.3, -0.25) is 9.59 Å². The number of hydrogen-bond donors (Lipinski definition) is 3. The molecule has 0 saturated heterocycles. The van der Waals surface area contributed by atoms with Gasteiger partial charge in [-0.05, 0) is 35.4 Å². The molecule has 5 nitrogen and oxygen atoms in total. The maximum Gasteiger partial charge on any atom is 0.224 e. The van der Waals surface area contributed by atoms with Crippen molar-refractivity contribution in [3.05, 3.63) is 29.3 Å². The summed E-state index contributed by atoms with van der Waals surface area (Å²) in [6.45, 7) is 3.99. The van der Waals surface area contributed by atoms with E-state index in [0.29, 0.717) is 19.3 Å². The molecule has 1 aromatic carbocycles. The molecule has 0 radical (unpaired) electrons. The highest BCUT2D eigenvalue weighted by molar-refractivity contribution is 5.93. The van der Waals surface area contributed by atoms with Gasteiger partial charge in [-0.1, -0.05) is 26.0 Å². The van der Waals surface area contributed by atoms with E-state index < -0.39 is 0 Å². The molecule has 0 aromatic heterocycles. The Morgan fingerprint density at radius 3 is 2.76 bits per heavy atom. The van der Waals surface area contributed by atoms with Gasteiger partial charge in [0.1, 0.15) is 0 Å². The van der Waals surface area contributed by atoms with Gasteiger partial charge in [0.15, 0.2) is 0 Å². The van der Waals surface area contributed by atoms with Crippen LogP contribution in [0.4, 0.5) is 5.69 Å². The van der Waals surface area contributed by atoms with E-state index in [4.69, 9.17) is 11.5 Å². The minimum atomic E-state index is -0.305. The number of carbonyl (C=O) groups excluding carboxylic acids is 2. The van der Waals surface area contributed by atoms with Gasteiger partial charge in [0, 0.05) is 24.6 Å². The topological polar surface area (TPSA) is 98.2 Å². The minimum absolute atomic E-state index is 0.0575. The number of anilines is 1. The summed E-state index contributed by atoms with van der Waals surface area (Å²) in [6, 6.07) is 5.75. The second-order valence-electron chi connectivity index (χ2n) is 6.58. The highest BCUT2D eigenvalue weighted by Crippen LogP contribution is 2.33.